The molecule has 0 aliphatic heterocycles. The zero-order chi connectivity index (χ0) is 34.1. The number of carbonyl (C=O) groups excluding carboxylic acids is 2. The number of rotatable bonds is 13. The number of amides is 2. The van der Waals surface area contributed by atoms with Gasteiger partial charge in [0.05, 0.1) is 27.7 Å². The van der Waals surface area contributed by atoms with Crippen LogP contribution in [0.25, 0.3) is 0 Å². The lowest BCUT2D eigenvalue weighted by Crippen LogP contribution is -2.55. The van der Waals surface area contributed by atoms with Crippen molar-refractivity contribution in [1.29, 1.82) is 0 Å². The lowest BCUT2D eigenvalue weighted by atomic mass is 9.94. The van der Waals surface area contributed by atoms with Crippen LogP contribution < -0.4 is 14.4 Å². The minimum Gasteiger partial charge on any atom is -0.497 e. The van der Waals surface area contributed by atoms with Gasteiger partial charge in [0, 0.05) is 19.0 Å². The fourth-order valence-corrected chi connectivity index (χ4v) is 7.67. The molecule has 5 rings (SSSR count). The van der Waals surface area contributed by atoms with E-state index >= 15 is 0 Å². The van der Waals surface area contributed by atoms with Gasteiger partial charge in [0.1, 0.15) is 18.3 Å². The Morgan fingerprint density at radius 2 is 1.50 bits per heavy atom. The highest BCUT2D eigenvalue weighted by Gasteiger charge is 2.35. The Morgan fingerprint density at radius 1 is 0.833 bits per heavy atom. The van der Waals surface area contributed by atoms with E-state index in [2.05, 4.69) is 5.32 Å². The van der Waals surface area contributed by atoms with Gasteiger partial charge in [-0.15, -0.1) is 0 Å². The van der Waals surface area contributed by atoms with Crippen molar-refractivity contribution in [2.24, 2.45) is 0 Å². The van der Waals surface area contributed by atoms with Crippen molar-refractivity contribution in [1.82, 2.24) is 10.2 Å². The lowest BCUT2D eigenvalue weighted by molar-refractivity contribution is -0.140. The number of nitrogens with one attached hydrogen (secondary N) is 1. The van der Waals surface area contributed by atoms with Gasteiger partial charge in [-0.1, -0.05) is 103 Å². The largest absolute Gasteiger partial charge is 0.497 e. The second-order valence-electron chi connectivity index (χ2n) is 11.8. The molecule has 0 aromatic heterocycles. The summed E-state index contributed by atoms with van der Waals surface area (Å²) in [7, 11) is -2.70. The second kappa shape index (κ2) is 16.4. The average molecular weight is 709 g/mol. The molecule has 1 aliphatic carbocycles. The van der Waals surface area contributed by atoms with Crippen LogP contribution in [-0.2, 0) is 32.6 Å². The maximum absolute atomic E-state index is 14.7. The van der Waals surface area contributed by atoms with Crippen molar-refractivity contribution in [2.75, 3.05) is 18.0 Å². The standard InChI is InChI=1S/C37H39Cl2N3O5S/c1-47-31-17-11-14-28(22-31)25-41(35(23-27-12-5-2-6-13-27)37(44)40-29-15-7-3-8-16-29)36(43)26-42(30-20-21-33(38)34(39)24-30)48(45,46)32-18-9-4-10-19-32/h2,4-6,9-14,17-22,24,29,35H,3,7-8,15-16,23,25-26H2,1H3,(H,40,44)/t35-/m0/s1. The van der Waals surface area contributed by atoms with Gasteiger partial charge < -0.3 is 15.0 Å². The fraction of sp³-hybridized carbons (Fsp3) is 0.297. The molecule has 0 saturated heterocycles. The van der Waals surface area contributed by atoms with Gasteiger partial charge in [0.2, 0.25) is 11.8 Å². The van der Waals surface area contributed by atoms with E-state index in [9.17, 15) is 18.0 Å². The first kappa shape index (κ1) is 35.3. The molecule has 0 heterocycles. The minimum absolute atomic E-state index is 0.000838. The number of halogens is 2. The molecule has 11 heteroatoms. The quantitative estimate of drug-likeness (QED) is 0.158. The Labute approximate surface area is 292 Å². The SMILES string of the molecule is COc1cccc(CN(C(=O)CN(c2ccc(Cl)c(Cl)c2)S(=O)(=O)c2ccccc2)[C@@H](Cc2ccccc2)C(=O)NC2CCCCC2)c1. The molecule has 0 unspecified atom stereocenters. The summed E-state index contributed by atoms with van der Waals surface area (Å²) in [4.78, 5) is 30.4. The molecule has 1 fully saturated rings. The third kappa shape index (κ3) is 8.89. The minimum atomic E-state index is -4.26. The maximum Gasteiger partial charge on any atom is 0.264 e. The molecule has 4 aromatic rings. The van der Waals surface area contributed by atoms with Crippen LogP contribution in [0.5, 0.6) is 5.75 Å². The Balaban J connectivity index is 1.58. The van der Waals surface area contributed by atoms with Crippen LogP contribution in [0.2, 0.25) is 10.0 Å². The van der Waals surface area contributed by atoms with Crippen molar-refractivity contribution >= 4 is 50.7 Å². The van der Waals surface area contributed by atoms with E-state index < -0.39 is 28.5 Å². The fourth-order valence-electron chi connectivity index (χ4n) is 5.95. The summed E-state index contributed by atoms with van der Waals surface area (Å²) in [6, 6.07) is 28.1. The lowest BCUT2D eigenvalue weighted by Gasteiger charge is -2.35. The van der Waals surface area contributed by atoms with Crippen molar-refractivity contribution in [3.8, 4) is 5.75 Å². The summed E-state index contributed by atoms with van der Waals surface area (Å²) in [6.45, 7) is -0.562. The van der Waals surface area contributed by atoms with Gasteiger partial charge >= 0.3 is 0 Å². The maximum atomic E-state index is 14.7. The Bertz CT molecular complexity index is 1800. The molecular weight excluding hydrogens is 669 g/mol. The van der Waals surface area contributed by atoms with Crippen molar-refractivity contribution < 1.29 is 22.7 Å². The van der Waals surface area contributed by atoms with Crippen LogP contribution >= 0.6 is 23.2 Å². The van der Waals surface area contributed by atoms with Gasteiger partial charge in [-0.05, 0) is 66.4 Å². The molecule has 48 heavy (non-hydrogen) atoms. The zero-order valence-electron chi connectivity index (χ0n) is 26.7. The molecule has 252 valence electrons. The smallest absolute Gasteiger partial charge is 0.264 e. The van der Waals surface area contributed by atoms with E-state index in [1.807, 2.05) is 42.5 Å². The van der Waals surface area contributed by atoms with Crippen LogP contribution in [0.1, 0.15) is 43.2 Å². The van der Waals surface area contributed by atoms with E-state index in [-0.39, 0.29) is 45.5 Å². The summed E-state index contributed by atoms with van der Waals surface area (Å²) in [5, 5.41) is 3.59. The number of benzene rings is 4. The molecule has 1 N–H and O–H groups in total. The second-order valence-corrected chi connectivity index (χ2v) is 14.5. The summed E-state index contributed by atoms with van der Waals surface area (Å²) in [6.07, 6.45) is 5.14. The van der Waals surface area contributed by atoms with Crippen LogP contribution in [-0.4, -0.2) is 50.9 Å². The number of methoxy groups -OCH3 is 1. The third-order valence-electron chi connectivity index (χ3n) is 8.51. The van der Waals surface area contributed by atoms with Gasteiger partial charge in [0.15, 0.2) is 0 Å². The molecule has 1 atom stereocenters. The van der Waals surface area contributed by atoms with Crippen molar-refractivity contribution in [2.45, 2.75) is 62.0 Å². The molecule has 2 amide bonds. The molecule has 0 spiro atoms. The number of carbonyl (C=O) groups is 2. The number of ether oxygens (including phenoxy) is 1. The number of sulfonamides is 1. The molecule has 1 aliphatic rings. The summed E-state index contributed by atoms with van der Waals surface area (Å²) in [5.41, 5.74) is 1.75. The highest BCUT2D eigenvalue weighted by Crippen LogP contribution is 2.31. The van der Waals surface area contributed by atoms with Gasteiger partial charge in [-0.3, -0.25) is 13.9 Å². The van der Waals surface area contributed by atoms with Crippen LogP contribution in [0, 0.1) is 0 Å². The number of nitrogens with zero attached hydrogens (tertiary/aromatic N) is 2. The number of hydrogen-bond acceptors (Lipinski definition) is 5. The highest BCUT2D eigenvalue weighted by molar-refractivity contribution is 7.92. The first-order valence-corrected chi connectivity index (χ1v) is 18.1. The predicted octanol–water partition coefficient (Wildman–Crippen LogP) is 7.29. The van der Waals surface area contributed by atoms with Crippen LogP contribution in [0.3, 0.4) is 0 Å². The topological polar surface area (TPSA) is 96.0 Å². The predicted molar refractivity (Wildman–Crippen MR) is 190 cm³/mol. The van der Waals surface area contributed by atoms with Crippen molar-refractivity contribution in [3.63, 3.8) is 0 Å². The Hall–Kier alpha value is -4.05. The third-order valence-corrected chi connectivity index (χ3v) is 11.0. The summed E-state index contributed by atoms with van der Waals surface area (Å²) < 4.78 is 34.8. The molecule has 0 bridgehead atoms. The molecular formula is C37H39Cl2N3O5S. The van der Waals surface area contributed by atoms with Crippen LogP contribution in [0.15, 0.2) is 108 Å². The normalized spacial score (nSPS) is 14.1. The van der Waals surface area contributed by atoms with Gasteiger partial charge in [-0.25, -0.2) is 8.42 Å². The van der Waals surface area contributed by atoms with E-state index in [1.165, 1.54) is 35.2 Å². The monoisotopic (exact) mass is 707 g/mol. The van der Waals surface area contributed by atoms with Gasteiger partial charge in [0.25, 0.3) is 10.0 Å². The Kier molecular flexibility index (Phi) is 12.0. The summed E-state index contributed by atoms with van der Waals surface area (Å²) in [5.74, 6) is -0.257. The highest BCUT2D eigenvalue weighted by atomic mass is 35.5. The van der Waals surface area contributed by atoms with Gasteiger partial charge in [-0.2, -0.15) is 0 Å². The average Bonchev–Trinajstić information content (AvgIpc) is 3.11. The van der Waals surface area contributed by atoms with E-state index in [4.69, 9.17) is 27.9 Å². The Morgan fingerprint density at radius 3 is 2.17 bits per heavy atom. The first-order chi connectivity index (χ1) is 23.2. The molecule has 8 nitrogen and oxygen atoms in total. The van der Waals surface area contributed by atoms with E-state index in [1.54, 1.807) is 37.4 Å². The molecule has 1 saturated carbocycles. The van der Waals surface area contributed by atoms with E-state index in [0.717, 1.165) is 47.5 Å². The van der Waals surface area contributed by atoms with Crippen LogP contribution in [0.4, 0.5) is 5.69 Å². The number of hydrogen-bond donors (Lipinski definition) is 1. The van der Waals surface area contributed by atoms with E-state index in [0.29, 0.717) is 5.75 Å². The molecule has 0 radical (unpaired) electrons. The first-order valence-electron chi connectivity index (χ1n) is 16.0. The van der Waals surface area contributed by atoms with Crippen molar-refractivity contribution in [3.05, 3.63) is 124 Å². The number of anilines is 1. The molecule has 4 aromatic carbocycles. The zero-order valence-corrected chi connectivity index (χ0v) is 29.1. The summed E-state index contributed by atoms with van der Waals surface area (Å²) >= 11 is 12.5.